The minimum Gasteiger partial charge on any atom is -0.341 e. The van der Waals surface area contributed by atoms with E-state index in [-0.39, 0.29) is 34.6 Å². The van der Waals surface area contributed by atoms with Gasteiger partial charge in [0.15, 0.2) is 0 Å². The van der Waals surface area contributed by atoms with Crippen LogP contribution in [0, 0.1) is 29.4 Å². The van der Waals surface area contributed by atoms with Gasteiger partial charge in [-0.15, -0.1) is 6.42 Å². The first kappa shape index (κ1) is 17.7. The van der Waals surface area contributed by atoms with Crippen LogP contribution in [0.5, 0.6) is 0 Å². The maximum Gasteiger partial charge on any atom is 0.273 e. The molecule has 0 aliphatic carbocycles. The fourth-order valence-electron chi connectivity index (χ4n) is 2.27. The van der Waals surface area contributed by atoms with Gasteiger partial charge < -0.3 is 10.6 Å². The number of terminal acetylenes is 1. The summed E-state index contributed by atoms with van der Waals surface area (Å²) < 4.78 is 0. The Morgan fingerprint density at radius 3 is 2.48 bits per heavy atom. The summed E-state index contributed by atoms with van der Waals surface area (Å²) in [6, 6.07) is 10.7. The molecule has 2 aromatic rings. The molecule has 7 nitrogen and oxygen atoms in total. The predicted molar refractivity (Wildman–Crippen MR) is 93.4 cm³/mol. The summed E-state index contributed by atoms with van der Waals surface area (Å²) in [5.74, 6) is 1.33. The monoisotopic (exact) mass is 337 g/mol. The third kappa shape index (κ3) is 4.00. The van der Waals surface area contributed by atoms with Gasteiger partial charge in [-0.25, -0.2) is 0 Å². The maximum atomic E-state index is 12.5. The van der Waals surface area contributed by atoms with Crippen molar-refractivity contribution in [2.75, 3.05) is 11.9 Å². The molecule has 0 saturated carbocycles. The van der Waals surface area contributed by atoms with Crippen LogP contribution in [0.4, 0.5) is 11.4 Å². The molecule has 0 aromatic heterocycles. The number of carbonyl (C=O) groups is 2. The van der Waals surface area contributed by atoms with Crippen molar-refractivity contribution < 1.29 is 14.5 Å². The lowest BCUT2D eigenvalue weighted by atomic mass is 10.1. The van der Waals surface area contributed by atoms with Crippen molar-refractivity contribution in [3.63, 3.8) is 0 Å². The van der Waals surface area contributed by atoms with E-state index in [2.05, 4.69) is 16.6 Å². The number of amides is 2. The van der Waals surface area contributed by atoms with E-state index in [1.165, 1.54) is 25.1 Å². The van der Waals surface area contributed by atoms with Gasteiger partial charge in [0.25, 0.3) is 17.5 Å². The zero-order valence-electron chi connectivity index (χ0n) is 13.4. The fourth-order valence-corrected chi connectivity index (χ4v) is 2.27. The zero-order valence-corrected chi connectivity index (χ0v) is 13.4. The maximum absolute atomic E-state index is 12.5. The molecule has 0 atom stereocenters. The quantitative estimate of drug-likeness (QED) is 0.497. The molecular formula is C18H15N3O4. The van der Waals surface area contributed by atoms with Crippen LogP contribution in [0.2, 0.25) is 0 Å². The second-order valence-corrected chi connectivity index (χ2v) is 5.09. The minimum atomic E-state index is -0.548. The molecule has 0 spiro atoms. The molecule has 126 valence electrons. The van der Waals surface area contributed by atoms with Gasteiger partial charge in [0.2, 0.25) is 0 Å². The molecule has 2 rings (SSSR count). The van der Waals surface area contributed by atoms with Gasteiger partial charge in [-0.1, -0.05) is 24.1 Å². The van der Waals surface area contributed by atoms with E-state index in [1.54, 1.807) is 24.3 Å². The van der Waals surface area contributed by atoms with E-state index in [9.17, 15) is 19.7 Å². The fraction of sp³-hybridized carbons (Fsp3) is 0.111. The average Bonchev–Trinajstić information content (AvgIpc) is 2.60. The summed E-state index contributed by atoms with van der Waals surface area (Å²) in [5, 5.41) is 16.1. The molecule has 0 saturated heterocycles. The van der Waals surface area contributed by atoms with Gasteiger partial charge in [-0.05, 0) is 25.1 Å². The van der Waals surface area contributed by atoms with Crippen LogP contribution in [0.15, 0.2) is 42.5 Å². The average molecular weight is 337 g/mol. The summed E-state index contributed by atoms with van der Waals surface area (Å²) in [4.78, 5) is 35.1. The highest BCUT2D eigenvalue weighted by Gasteiger charge is 2.19. The number of hydrogen-bond donors (Lipinski definition) is 2. The van der Waals surface area contributed by atoms with Gasteiger partial charge in [-0.2, -0.15) is 0 Å². The molecule has 2 N–H and O–H groups in total. The number of carbonyl (C=O) groups excluding carboxylic acids is 2. The normalized spacial score (nSPS) is 9.76. The van der Waals surface area contributed by atoms with Crippen molar-refractivity contribution in [2.24, 2.45) is 0 Å². The first-order valence-electron chi connectivity index (χ1n) is 7.31. The smallest absolute Gasteiger partial charge is 0.273 e. The number of nitro benzene ring substituents is 1. The van der Waals surface area contributed by atoms with Crippen LogP contribution in [-0.4, -0.2) is 23.3 Å². The van der Waals surface area contributed by atoms with E-state index < -0.39 is 16.7 Å². The zero-order chi connectivity index (χ0) is 18.4. The molecule has 0 radical (unpaired) electrons. The topological polar surface area (TPSA) is 101 Å². The summed E-state index contributed by atoms with van der Waals surface area (Å²) in [5.41, 5.74) is 0.794. The third-order valence-electron chi connectivity index (χ3n) is 3.52. The van der Waals surface area contributed by atoms with Gasteiger partial charge in [0, 0.05) is 17.2 Å². The number of benzene rings is 2. The number of hydrogen-bond acceptors (Lipinski definition) is 4. The summed E-state index contributed by atoms with van der Waals surface area (Å²) >= 11 is 0. The van der Waals surface area contributed by atoms with E-state index in [0.717, 1.165) is 0 Å². The van der Waals surface area contributed by atoms with Crippen molar-refractivity contribution in [1.29, 1.82) is 0 Å². The van der Waals surface area contributed by atoms with Crippen LogP contribution >= 0.6 is 0 Å². The molecule has 2 aromatic carbocycles. The Morgan fingerprint density at radius 2 is 1.80 bits per heavy atom. The van der Waals surface area contributed by atoms with Gasteiger partial charge in [0.1, 0.15) is 0 Å². The number of nitrogens with zero attached hydrogens (tertiary/aromatic N) is 1. The lowest BCUT2D eigenvalue weighted by Gasteiger charge is -2.12. The van der Waals surface area contributed by atoms with Crippen LogP contribution in [0.1, 0.15) is 26.3 Å². The van der Waals surface area contributed by atoms with Crippen LogP contribution in [0.3, 0.4) is 0 Å². The first-order chi connectivity index (χ1) is 12.0. The molecule has 0 aliphatic heterocycles. The van der Waals surface area contributed by atoms with Gasteiger partial charge in [-0.3, -0.25) is 19.7 Å². The van der Waals surface area contributed by atoms with Crippen molar-refractivity contribution in [3.05, 3.63) is 69.3 Å². The number of anilines is 1. The Labute approximate surface area is 144 Å². The standard InChI is InChI=1S/C18H15N3O4/c1-3-11-19-17(22)14-7-4-5-9-15(14)20-18(23)13-8-6-10-16(12(13)2)21(24)25/h1,4-10H,11H2,2H3,(H,19,22)(H,20,23). The highest BCUT2D eigenvalue weighted by Crippen LogP contribution is 2.23. The molecule has 0 fully saturated rings. The van der Waals surface area contributed by atoms with E-state index in [1.807, 2.05) is 0 Å². The number of nitro groups is 1. The van der Waals surface area contributed by atoms with Crippen molar-refractivity contribution in [1.82, 2.24) is 5.32 Å². The molecule has 25 heavy (non-hydrogen) atoms. The van der Waals surface area contributed by atoms with Gasteiger partial charge >= 0.3 is 0 Å². The van der Waals surface area contributed by atoms with Crippen molar-refractivity contribution >= 4 is 23.2 Å². The van der Waals surface area contributed by atoms with E-state index in [4.69, 9.17) is 6.42 Å². The third-order valence-corrected chi connectivity index (χ3v) is 3.52. The molecular weight excluding hydrogens is 322 g/mol. The first-order valence-corrected chi connectivity index (χ1v) is 7.31. The van der Waals surface area contributed by atoms with Crippen molar-refractivity contribution in [2.45, 2.75) is 6.92 Å². The summed E-state index contributed by atoms with van der Waals surface area (Å²) in [7, 11) is 0. The highest BCUT2D eigenvalue weighted by atomic mass is 16.6. The molecule has 0 aliphatic rings. The molecule has 0 bridgehead atoms. The second kappa shape index (κ2) is 7.75. The minimum absolute atomic E-state index is 0.0606. The SMILES string of the molecule is C#CCNC(=O)c1ccccc1NC(=O)c1cccc([N+](=O)[O-])c1C. The number of rotatable bonds is 5. The second-order valence-electron chi connectivity index (χ2n) is 5.09. The Hall–Kier alpha value is -3.66. The van der Waals surface area contributed by atoms with Crippen LogP contribution in [0.25, 0.3) is 0 Å². The molecule has 7 heteroatoms. The van der Waals surface area contributed by atoms with Crippen LogP contribution in [-0.2, 0) is 0 Å². The lowest BCUT2D eigenvalue weighted by molar-refractivity contribution is -0.385. The highest BCUT2D eigenvalue weighted by molar-refractivity contribution is 6.09. The lowest BCUT2D eigenvalue weighted by Crippen LogP contribution is -2.25. The van der Waals surface area contributed by atoms with E-state index >= 15 is 0 Å². The summed E-state index contributed by atoms with van der Waals surface area (Å²) in [6.45, 7) is 1.56. The van der Waals surface area contributed by atoms with Crippen molar-refractivity contribution in [3.8, 4) is 12.3 Å². The number of para-hydroxylation sites is 1. The Balaban J connectivity index is 2.31. The van der Waals surface area contributed by atoms with E-state index in [0.29, 0.717) is 0 Å². The van der Waals surface area contributed by atoms with Crippen LogP contribution < -0.4 is 10.6 Å². The Morgan fingerprint density at radius 1 is 1.12 bits per heavy atom. The largest absolute Gasteiger partial charge is 0.341 e. The molecule has 0 unspecified atom stereocenters. The molecule has 0 heterocycles. The Bertz CT molecular complexity index is 884. The van der Waals surface area contributed by atoms with Gasteiger partial charge in [0.05, 0.1) is 22.7 Å². The molecule has 2 amide bonds. The Kier molecular flexibility index (Phi) is 5.48. The predicted octanol–water partition coefficient (Wildman–Crippen LogP) is 2.52. The number of nitrogens with one attached hydrogen (secondary N) is 2. The summed E-state index contributed by atoms with van der Waals surface area (Å²) in [6.07, 6.45) is 5.12.